The van der Waals surface area contributed by atoms with Crippen molar-refractivity contribution in [3.05, 3.63) is 35.7 Å². The van der Waals surface area contributed by atoms with Crippen molar-refractivity contribution < 1.29 is 19.1 Å². The number of fused-ring (bicyclic) bond motifs is 5. The first-order valence-electron chi connectivity index (χ1n) is 9.60. The highest BCUT2D eigenvalue weighted by Crippen LogP contribution is 2.68. The average molecular weight is 358 g/mol. The van der Waals surface area contributed by atoms with Crippen LogP contribution in [0.5, 0.6) is 0 Å². The summed E-state index contributed by atoms with van der Waals surface area (Å²) in [6.07, 6.45) is 6.36. The van der Waals surface area contributed by atoms with Gasteiger partial charge in [0.25, 0.3) is 0 Å². The molecule has 6 atom stereocenters. The second kappa shape index (κ2) is 5.25. The number of Topliss-reactive ketones (excluding diaryl/α,β-unsaturated/α-hetero) is 1. The summed E-state index contributed by atoms with van der Waals surface area (Å²) in [6.45, 7) is 9.50. The standard InChI is InChI=1S/C22H27FO3/c1-12-9-17-15-11-19(23)18-10-14(25)5-7-20(18,3)16(15)6-8-21(17,4)22(12,26)13(2)24/h10-11,15-17,26H,1,5-9H2,2-4H3/t15-,16-,17+,20+,21+,22+/m1/s1. The molecule has 0 aromatic rings. The van der Waals surface area contributed by atoms with E-state index in [0.717, 1.165) is 6.42 Å². The van der Waals surface area contributed by atoms with Gasteiger partial charge in [-0.3, -0.25) is 9.59 Å². The summed E-state index contributed by atoms with van der Waals surface area (Å²) < 4.78 is 15.0. The van der Waals surface area contributed by atoms with Gasteiger partial charge in [0.2, 0.25) is 0 Å². The van der Waals surface area contributed by atoms with Crippen molar-refractivity contribution >= 4 is 11.6 Å². The number of carbonyl (C=O) groups excluding carboxylic acids is 2. The highest BCUT2D eigenvalue weighted by molar-refractivity contribution is 5.92. The second-order valence-electron chi connectivity index (χ2n) is 9.28. The SMILES string of the molecule is C=C1C[C@H]2[C@@H]3C=C(F)C4=CC(=O)CC[C@@]4(C)[C@@H]3CC[C@]2(C)[C@@]1(O)C(C)=O. The summed E-state index contributed by atoms with van der Waals surface area (Å²) in [6, 6.07) is 0. The highest BCUT2D eigenvalue weighted by atomic mass is 19.1. The Hall–Kier alpha value is -1.55. The minimum atomic E-state index is -1.52. The zero-order valence-corrected chi connectivity index (χ0v) is 15.8. The lowest BCUT2D eigenvalue weighted by Crippen LogP contribution is -2.57. The smallest absolute Gasteiger partial charge is 0.166 e. The Kier molecular flexibility index (Phi) is 3.60. The number of aliphatic hydroxyl groups is 1. The molecular weight excluding hydrogens is 331 g/mol. The molecule has 0 spiro atoms. The van der Waals surface area contributed by atoms with Crippen molar-refractivity contribution in [3.8, 4) is 0 Å². The molecule has 26 heavy (non-hydrogen) atoms. The third-order valence-corrected chi connectivity index (χ3v) is 8.26. The number of hydrogen-bond acceptors (Lipinski definition) is 3. The summed E-state index contributed by atoms with van der Waals surface area (Å²) in [5.74, 6) is -0.392. The first-order chi connectivity index (χ1) is 12.1. The molecule has 0 amide bonds. The van der Waals surface area contributed by atoms with E-state index in [-0.39, 0.29) is 40.6 Å². The summed E-state index contributed by atoms with van der Waals surface area (Å²) in [7, 11) is 0. The number of allylic oxidation sites excluding steroid dienone is 4. The third kappa shape index (κ3) is 1.91. The maximum absolute atomic E-state index is 15.0. The van der Waals surface area contributed by atoms with Crippen LogP contribution in [-0.2, 0) is 9.59 Å². The van der Waals surface area contributed by atoms with Crippen LogP contribution >= 0.6 is 0 Å². The third-order valence-electron chi connectivity index (χ3n) is 8.26. The zero-order valence-electron chi connectivity index (χ0n) is 15.8. The van der Waals surface area contributed by atoms with E-state index in [2.05, 4.69) is 13.5 Å². The zero-order chi connectivity index (χ0) is 19.1. The highest BCUT2D eigenvalue weighted by Gasteiger charge is 2.67. The van der Waals surface area contributed by atoms with Crippen LogP contribution in [0, 0.1) is 28.6 Å². The van der Waals surface area contributed by atoms with Gasteiger partial charge in [0.05, 0.1) is 0 Å². The van der Waals surface area contributed by atoms with E-state index in [9.17, 15) is 14.7 Å². The molecular formula is C22H27FO3. The van der Waals surface area contributed by atoms with E-state index in [1.165, 1.54) is 13.0 Å². The van der Waals surface area contributed by atoms with Gasteiger partial charge in [0, 0.05) is 11.8 Å². The lowest BCUT2D eigenvalue weighted by molar-refractivity contribution is -0.151. The minimum absolute atomic E-state index is 0.000298. The Labute approximate surface area is 154 Å². The topological polar surface area (TPSA) is 54.4 Å². The predicted octanol–water partition coefficient (Wildman–Crippen LogP) is 4.08. The van der Waals surface area contributed by atoms with Crippen molar-refractivity contribution in [2.75, 3.05) is 0 Å². The van der Waals surface area contributed by atoms with Crippen LogP contribution in [0.4, 0.5) is 4.39 Å². The van der Waals surface area contributed by atoms with Crippen molar-refractivity contribution in [1.82, 2.24) is 0 Å². The van der Waals surface area contributed by atoms with E-state index in [0.29, 0.717) is 36.8 Å². The van der Waals surface area contributed by atoms with Gasteiger partial charge in [-0.1, -0.05) is 20.4 Å². The van der Waals surface area contributed by atoms with Crippen LogP contribution in [0.2, 0.25) is 0 Å². The van der Waals surface area contributed by atoms with E-state index in [1.807, 2.05) is 6.92 Å². The molecule has 2 saturated carbocycles. The van der Waals surface area contributed by atoms with Crippen molar-refractivity contribution in [2.24, 2.45) is 28.6 Å². The normalized spacial score (nSPS) is 47.5. The molecule has 4 rings (SSSR count). The van der Waals surface area contributed by atoms with Crippen molar-refractivity contribution in [2.45, 2.75) is 58.5 Å². The van der Waals surface area contributed by atoms with Crippen molar-refractivity contribution in [1.29, 1.82) is 0 Å². The molecule has 0 bridgehead atoms. The quantitative estimate of drug-likeness (QED) is 0.719. The van der Waals surface area contributed by atoms with E-state index in [1.54, 1.807) is 6.08 Å². The summed E-state index contributed by atoms with van der Waals surface area (Å²) in [5, 5.41) is 11.3. The second-order valence-corrected chi connectivity index (χ2v) is 9.28. The average Bonchev–Trinajstić information content (AvgIpc) is 2.78. The Morgan fingerprint density at radius 1 is 1.31 bits per heavy atom. The fourth-order valence-corrected chi connectivity index (χ4v) is 6.69. The molecule has 140 valence electrons. The number of hydrogen-bond donors (Lipinski definition) is 1. The summed E-state index contributed by atoms with van der Waals surface area (Å²) >= 11 is 0. The molecule has 0 aliphatic heterocycles. The van der Waals surface area contributed by atoms with Crippen LogP contribution in [-0.4, -0.2) is 22.3 Å². The molecule has 1 N–H and O–H groups in total. The molecule has 4 aliphatic rings. The monoisotopic (exact) mass is 358 g/mol. The van der Waals surface area contributed by atoms with E-state index in [4.69, 9.17) is 0 Å². The fraction of sp³-hybridized carbons (Fsp3) is 0.636. The fourth-order valence-electron chi connectivity index (χ4n) is 6.69. The molecule has 2 fully saturated rings. The maximum atomic E-state index is 15.0. The minimum Gasteiger partial charge on any atom is -0.377 e. The number of halogens is 1. The molecule has 0 heterocycles. The molecule has 4 aliphatic carbocycles. The summed E-state index contributed by atoms with van der Waals surface area (Å²) in [5.41, 5.74) is -1.37. The summed E-state index contributed by atoms with van der Waals surface area (Å²) in [4.78, 5) is 24.2. The van der Waals surface area contributed by atoms with Gasteiger partial charge in [-0.2, -0.15) is 0 Å². The van der Waals surface area contributed by atoms with Crippen LogP contribution in [0.25, 0.3) is 0 Å². The van der Waals surface area contributed by atoms with Crippen molar-refractivity contribution in [3.63, 3.8) is 0 Å². The van der Waals surface area contributed by atoms with Gasteiger partial charge in [0.15, 0.2) is 11.6 Å². The predicted molar refractivity (Wildman–Crippen MR) is 96.8 cm³/mol. The lowest BCUT2D eigenvalue weighted by atomic mass is 9.47. The molecule has 0 unspecified atom stereocenters. The molecule has 4 heteroatoms. The van der Waals surface area contributed by atoms with Crippen LogP contribution < -0.4 is 0 Å². The van der Waals surface area contributed by atoms with E-state index < -0.39 is 11.0 Å². The molecule has 0 radical (unpaired) electrons. The molecule has 0 aromatic carbocycles. The first kappa shape index (κ1) is 17.8. The van der Waals surface area contributed by atoms with Gasteiger partial charge in [0.1, 0.15) is 11.4 Å². The van der Waals surface area contributed by atoms with Gasteiger partial charge in [-0.15, -0.1) is 0 Å². The Morgan fingerprint density at radius 2 is 2.00 bits per heavy atom. The van der Waals surface area contributed by atoms with Gasteiger partial charge in [-0.25, -0.2) is 4.39 Å². The van der Waals surface area contributed by atoms with Gasteiger partial charge in [-0.05, 0) is 79.1 Å². The van der Waals surface area contributed by atoms with E-state index >= 15 is 4.39 Å². The molecule has 3 nitrogen and oxygen atoms in total. The molecule has 0 aromatic heterocycles. The number of rotatable bonds is 1. The maximum Gasteiger partial charge on any atom is 0.166 e. The van der Waals surface area contributed by atoms with Crippen LogP contribution in [0.15, 0.2) is 35.7 Å². The van der Waals surface area contributed by atoms with Crippen LogP contribution in [0.1, 0.15) is 52.9 Å². The number of carbonyl (C=O) groups is 2. The Balaban J connectivity index is 1.83. The van der Waals surface area contributed by atoms with Gasteiger partial charge < -0.3 is 5.11 Å². The Bertz CT molecular complexity index is 793. The largest absolute Gasteiger partial charge is 0.377 e. The first-order valence-corrected chi connectivity index (χ1v) is 9.60. The lowest BCUT2D eigenvalue weighted by Gasteiger charge is -2.56. The van der Waals surface area contributed by atoms with Crippen LogP contribution in [0.3, 0.4) is 0 Å². The number of ketones is 2. The van der Waals surface area contributed by atoms with Gasteiger partial charge >= 0.3 is 0 Å². The Morgan fingerprint density at radius 3 is 2.65 bits per heavy atom. The molecule has 0 saturated heterocycles.